The third-order valence-corrected chi connectivity index (χ3v) is 7.94. The van der Waals surface area contributed by atoms with Crippen LogP contribution < -0.4 is 11.1 Å². The maximum atomic E-state index is 12.4. The molecule has 3 heterocycles. The summed E-state index contributed by atoms with van der Waals surface area (Å²) >= 11 is 7.05. The quantitative estimate of drug-likeness (QED) is 0.236. The fourth-order valence-corrected chi connectivity index (χ4v) is 5.60. The van der Waals surface area contributed by atoms with Gasteiger partial charge in [0.25, 0.3) is 0 Å². The molecule has 0 saturated carbocycles. The number of aromatic amines is 1. The van der Waals surface area contributed by atoms with Crippen molar-refractivity contribution in [1.82, 2.24) is 24.2 Å². The summed E-state index contributed by atoms with van der Waals surface area (Å²) in [6.07, 6.45) is 10.2. The second kappa shape index (κ2) is 10.9. The maximum absolute atomic E-state index is 12.4. The van der Waals surface area contributed by atoms with Crippen LogP contribution in [0.15, 0.2) is 61.2 Å². The van der Waals surface area contributed by atoms with Crippen LogP contribution in [0.5, 0.6) is 0 Å². The number of hydrogen-bond acceptors (Lipinski definition) is 5. The highest BCUT2D eigenvalue weighted by molar-refractivity contribution is 7.96. The van der Waals surface area contributed by atoms with Crippen LogP contribution >= 0.6 is 24.2 Å². The first-order valence-electron chi connectivity index (χ1n) is 12.1. The number of carbonyl (C=O) groups is 1. The average molecular weight is 519 g/mol. The summed E-state index contributed by atoms with van der Waals surface area (Å²) < 4.78 is 4.86. The van der Waals surface area contributed by atoms with Gasteiger partial charge in [0.05, 0.1) is 12.7 Å². The molecular weight excluding hydrogens is 488 g/mol. The number of thiocarbonyl (C=S) groups is 1. The van der Waals surface area contributed by atoms with E-state index in [0.717, 1.165) is 48.3 Å². The molecule has 36 heavy (non-hydrogen) atoms. The predicted molar refractivity (Wildman–Crippen MR) is 151 cm³/mol. The van der Waals surface area contributed by atoms with E-state index in [2.05, 4.69) is 66.9 Å². The average Bonchev–Trinajstić information content (AvgIpc) is 3.55. The fourth-order valence-electron chi connectivity index (χ4n) is 4.90. The Bertz CT molecular complexity index is 1370. The highest BCUT2D eigenvalue weighted by Crippen LogP contribution is 2.36. The summed E-state index contributed by atoms with van der Waals surface area (Å²) in [4.78, 5) is 19.8. The van der Waals surface area contributed by atoms with Gasteiger partial charge in [-0.05, 0) is 42.4 Å². The van der Waals surface area contributed by atoms with Gasteiger partial charge in [-0.1, -0.05) is 54.5 Å². The predicted octanol–water partition coefficient (Wildman–Crippen LogP) is 4.44. The monoisotopic (exact) mass is 518 g/mol. The van der Waals surface area contributed by atoms with Crippen molar-refractivity contribution in [1.29, 1.82) is 0 Å². The van der Waals surface area contributed by atoms with E-state index in [0.29, 0.717) is 17.6 Å². The first kappa shape index (κ1) is 24.5. The number of fused-ring (bicyclic) bond motifs is 1. The molecule has 7 nitrogen and oxygen atoms in total. The number of aromatic nitrogens is 3. The Labute approximate surface area is 220 Å². The number of imidazole rings is 1. The minimum absolute atomic E-state index is 0.0329. The summed E-state index contributed by atoms with van der Waals surface area (Å²) in [6, 6.07) is 15.0. The minimum Gasteiger partial charge on any atom is -0.389 e. The molecule has 2 aromatic heterocycles. The lowest BCUT2D eigenvalue weighted by Crippen LogP contribution is -2.29. The van der Waals surface area contributed by atoms with E-state index >= 15 is 0 Å². The highest BCUT2D eigenvalue weighted by atomic mass is 32.2. The van der Waals surface area contributed by atoms with Crippen molar-refractivity contribution in [3.05, 3.63) is 78.0 Å². The first-order valence-corrected chi connectivity index (χ1v) is 13.7. The van der Waals surface area contributed by atoms with Gasteiger partial charge in [0.1, 0.15) is 4.99 Å². The zero-order valence-corrected chi connectivity index (χ0v) is 21.9. The van der Waals surface area contributed by atoms with Crippen molar-refractivity contribution in [2.45, 2.75) is 31.8 Å². The number of piperidine rings is 1. The van der Waals surface area contributed by atoms with Gasteiger partial charge in [0.2, 0.25) is 5.91 Å². The van der Waals surface area contributed by atoms with Crippen molar-refractivity contribution in [3.63, 3.8) is 0 Å². The molecule has 1 aliphatic heterocycles. The Balaban J connectivity index is 1.46. The molecule has 1 amide bonds. The van der Waals surface area contributed by atoms with E-state index < -0.39 is 0 Å². The van der Waals surface area contributed by atoms with E-state index in [-0.39, 0.29) is 12.3 Å². The smallest absolute Gasteiger partial charge is 0.226 e. The molecule has 4 aromatic rings. The lowest BCUT2D eigenvalue weighted by molar-refractivity contribution is -0.120. The Kier molecular flexibility index (Phi) is 7.41. The molecule has 5 rings (SSSR count). The van der Waals surface area contributed by atoms with Crippen LogP contribution in [0.25, 0.3) is 22.0 Å². The number of benzene rings is 2. The molecule has 1 saturated heterocycles. The largest absolute Gasteiger partial charge is 0.389 e. The van der Waals surface area contributed by atoms with Crippen molar-refractivity contribution >= 4 is 46.0 Å². The number of nitrogens with one attached hydrogen (secondary N) is 2. The Morgan fingerprint density at radius 3 is 2.81 bits per heavy atom. The van der Waals surface area contributed by atoms with Crippen LogP contribution in [-0.2, 0) is 17.8 Å². The molecule has 4 N–H and O–H groups in total. The second-order valence-electron chi connectivity index (χ2n) is 9.12. The molecule has 186 valence electrons. The summed E-state index contributed by atoms with van der Waals surface area (Å²) in [5, 5.41) is 4.23. The van der Waals surface area contributed by atoms with Crippen LogP contribution in [0, 0.1) is 0 Å². The number of rotatable bonds is 8. The summed E-state index contributed by atoms with van der Waals surface area (Å²) in [7, 11) is 0. The fraction of sp³-hybridized carbons (Fsp3) is 0.296. The van der Waals surface area contributed by atoms with E-state index in [1.54, 1.807) is 12.5 Å². The van der Waals surface area contributed by atoms with Gasteiger partial charge in [-0.2, -0.15) is 0 Å². The van der Waals surface area contributed by atoms with E-state index in [1.165, 1.54) is 16.5 Å². The molecule has 0 unspecified atom stereocenters. The topological polar surface area (TPSA) is 92.0 Å². The molecule has 0 bridgehead atoms. The van der Waals surface area contributed by atoms with E-state index in [9.17, 15) is 4.79 Å². The maximum Gasteiger partial charge on any atom is 0.226 e. The lowest BCUT2D eigenvalue weighted by atomic mass is 10.0. The highest BCUT2D eigenvalue weighted by Gasteiger charge is 2.23. The van der Waals surface area contributed by atoms with Gasteiger partial charge in [-0.15, -0.1) is 0 Å². The first-order chi connectivity index (χ1) is 17.5. The van der Waals surface area contributed by atoms with E-state index in [1.807, 2.05) is 24.1 Å². The van der Waals surface area contributed by atoms with E-state index in [4.69, 9.17) is 18.0 Å². The third kappa shape index (κ3) is 5.33. The molecule has 0 aliphatic carbocycles. The third-order valence-electron chi connectivity index (χ3n) is 6.83. The van der Waals surface area contributed by atoms with Crippen LogP contribution in [-0.4, -0.2) is 49.1 Å². The zero-order chi connectivity index (χ0) is 25.1. The second-order valence-corrected chi connectivity index (χ2v) is 10.4. The van der Waals surface area contributed by atoms with Crippen molar-refractivity contribution in [2.75, 3.05) is 19.3 Å². The molecule has 9 heteroatoms. The molecule has 0 atom stereocenters. The van der Waals surface area contributed by atoms with Gasteiger partial charge in [-0.25, -0.2) is 4.98 Å². The normalized spacial score (nSPS) is 14.8. The number of hydrogen-bond donors (Lipinski definition) is 3. The number of carbonyl (C=O) groups excluding carboxylic acids is 1. The Morgan fingerprint density at radius 1 is 1.25 bits per heavy atom. The standard InChI is InChI=1S/C27H30N6OS2/c1-36-32-9-7-22(8-10-32)33-16-24(19-3-2-4-20(12-19)27(28)35)23-6-5-18(11-25(23)33)14-30-26(34)13-21-15-29-17-31-21/h2-6,11-12,15-17,22H,7-10,13-14H2,1H3,(H2,28,35)(H,29,31)(H,30,34). The van der Waals surface area contributed by atoms with Gasteiger partial charge < -0.3 is 20.6 Å². The van der Waals surface area contributed by atoms with Gasteiger partial charge in [0, 0.05) is 65.8 Å². The molecule has 0 spiro atoms. The molecular formula is C27H30N6OS2. The number of nitrogens with zero attached hydrogens (tertiary/aromatic N) is 3. The van der Waals surface area contributed by atoms with Crippen LogP contribution in [0.3, 0.4) is 0 Å². The molecule has 2 aromatic carbocycles. The van der Waals surface area contributed by atoms with Gasteiger partial charge >= 0.3 is 0 Å². The van der Waals surface area contributed by atoms with Crippen LogP contribution in [0.1, 0.15) is 35.7 Å². The number of H-pyrrole nitrogens is 1. The number of nitrogens with two attached hydrogens (primary N) is 1. The van der Waals surface area contributed by atoms with Crippen molar-refractivity contribution in [3.8, 4) is 11.1 Å². The van der Waals surface area contributed by atoms with Crippen LogP contribution in [0.2, 0.25) is 0 Å². The molecule has 0 radical (unpaired) electrons. The Hall–Kier alpha value is -3.14. The zero-order valence-electron chi connectivity index (χ0n) is 20.2. The summed E-state index contributed by atoms with van der Waals surface area (Å²) in [5.74, 6) is -0.0329. The summed E-state index contributed by atoms with van der Waals surface area (Å²) in [5.41, 5.74) is 12.1. The van der Waals surface area contributed by atoms with Crippen LogP contribution in [0.4, 0.5) is 0 Å². The summed E-state index contributed by atoms with van der Waals surface area (Å²) in [6.45, 7) is 2.62. The van der Waals surface area contributed by atoms with Crippen molar-refractivity contribution in [2.24, 2.45) is 5.73 Å². The Morgan fingerprint density at radius 2 is 2.08 bits per heavy atom. The molecule has 1 aliphatic rings. The van der Waals surface area contributed by atoms with Crippen molar-refractivity contribution < 1.29 is 4.79 Å². The van der Waals surface area contributed by atoms with Gasteiger partial charge in [-0.3, -0.25) is 9.10 Å². The van der Waals surface area contributed by atoms with Gasteiger partial charge in [0.15, 0.2) is 0 Å². The SMILES string of the molecule is CSN1CCC(n2cc(-c3cccc(C(N)=S)c3)c3ccc(CNC(=O)Cc4cnc[nH]4)cc32)CC1. The number of amides is 1. The molecule has 1 fully saturated rings. The minimum atomic E-state index is -0.0329. The lowest BCUT2D eigenvalue weighted by Gasteiger charge is -2.31.